The summed E-state index contributed by atoms with van der Waals surface area (Å²) in [5, 5.41) is 3.13. The summed E-state index contributed by atoms with van der Waals surface area (Å²) in [6.45, 7) is 3.41. The Labute approximate surface area is 122 Å². The van der Waals surface area contributed by atoms with Crippen LogP contribution in [0.3, 0.4) is 0 Å². The number of hydrogen-bond acceptors (Lipinski definition) is 4. The Morgan fingerprint density at radius 1 is 1.38 bits per heavy atom. The molecule has 2 rings (SSSR count). The molecule has 0 unspecified atom stereocenters. The Hall–Kier alpha value is -2.05. The van der Waals surface area contributed by atoms with Crippen LogP contribution in [-0.2, 0) is 11.3 Å². The summed E-state index contributed by atoms with van der Waals surface area (Å²) in [6, 6.07) is 6.08. The first-order chi connectivity index (χ1) is 10.1. The largest absolute Gasteiger partial charge is 0.383 e. The van der Waals surface area contributed by atoms with E-state index in [2.05, 4.69) is 15.3 Å². The highest BCUT2D eigenvalue weighted by atomic mass is 19.1. The third-order valence-electron chi connectivity index (χ3n) is 3.02. The smallest absolute Gasteiger partial charge is 0.251 e. The second kappa shape index (κ2) is 7.10. The molecule has 0 radical (unpaired) electrons. The van der Waals surface area contributed by atoms with Gasteiger partial charge in [-0.3, -0.25) is 4.79 Å². The van der Waals surface area contributed by atoms with Crippen molar-refractivity contribution in [2.24, 2.45) is 0 Å². The normalized spacial score (nSPS) is 10.8. The van der Waals surface area contributed by atoms with Crippen molar-refractivity contribution in [3.63, 3.8) is 0 Å². The summed E-state index contributed by atoms with van der Waals surface area (Å²) in [7, 11) is 1.63. The van der Waals surface area contributed by atoms with Gasteiger partial charge in [-0.05, 0) is 30.7 Å². The van der Waals surface area contributed by atoms with E-state index in [0.717, 1.165) is 0 Å². The monoisotopic (exact) mass is 291 g/mol. The molecule has 6 heteroatoms. The molecule has 2 N–H and O–H groups in total. The molecule has 1 aromatic carbocycles. The number of H-pyrrole nitrogens is 1. The van der Waals surface area contributed by atoms with Crippen LogP contribution in [-0.4, -0.2) is 30.2 Å². The lowest BCUT2D eigenvalue weighted by atomic mass is 10.1. The molecule has 0 saturated heterocycles. The summed E-state index contributed by atoms with van der Waals surface area (Å²) >= 11 is 0. The van der Waals surface area contributed by atoms with Gasteiger partial charge in [0.15, 0.2) is 0 Å². The predicted octanol–water partition coefficient (Wildman–Crippen LogP) is 1.62. The standard InChI is InChI=1S/C15H18FN3O2/c1-10-7-11(3-4-13(10)16)15-18-12(8-14(20)19-15)9-17-5-6-21-2/h3-4,7-8,17H,5-6,9H2,1-2H3,(H,18,19,20). The highest BCUT2D eigenvalue weighted by Gasteiger charge is 2.06. The molecule has 0 aliphatic rings. The van der Waals surface area contributed by atoms with Gasteiger partial charge in [-0.25, -0.2) is 9.37 Å². The van der Waals surface area contributed by atoms with Gasteiger partial charge in [0.1, 0.15) is 11.6 Å². The molecule has 0 spiro atoms. The minimum atomic E-state index is -0.279. The van der Waals surface area contributed by atoms with Crippen LogP contribution >= 0.6 is 0 Å². The van der Waals surface area contributed by atoms with Crippen molar-refractivity contribution < 1.29 is 9.13 Å². The zero-order valence-electron chi connectivity index (χ0n) is 12.1. The molecule has 1 heterocycles. The number of methoxy groups -OCH3 is 1. The van der Waals surface area contributed by atoms with Crippen molar-refractivity contribution in [1.29, 1.82) is 0 Å². The fourth-order valence-electron chi connectivity index (χ4n) is 1.92. The summed E-state index contributed by atoms with van der Waals surface area (Å²) in [5.74, 6) is 0.160. The number of aromatic nitrogens is 2. The summed E-state index contributed by atoms with van der Waals surface area (Å²) < 4.78 is 18.2. The van der Waals surface area contributed by atoms with E-state index in [0.29, 0.717) is 42.3 Å². The number of hydrogen-bond donors (Lipinski definition) is 2. The first kappa shape index (κ1) is 15.3. The molecule has 0 amide bonds. The molecule has 5 nitrogen and oxygen atoms in total. The number of aromatic amines is 1. The van der Waals surface area contributed by atoms with Gasteiger partial charge >= 0.3 is 0 Å². The SMILES string of the molecule is COCCNCc1cc(=O)[nH]c(-c2ccc(F)c(C)c2)n1. The van der Waals surface area contributed by atoms with Crippen LogP contribution in [0.5, 0.6) is 0 Å². The molecule has 0 aliphatic carbocycles. The van der Waals surface area contributed by atoms with Crippen LogP contribution in [0.2, 0.25) is 0 Å². The number of benzene rings is 1. The quantitative estimate of drug-likeness (QED) is 0.794. The first-order valence-electron chi connectivity index (χ1n) is 6.66. The predicted molar refractivity (Wildman–Crippen MR) is 78.6 cm³/mol. The fraction of sp³-hybridized carbons (Fsp3) is 0.333. The lowest BCUT2D eigenvalue weighted by Crippen LogP contribution is -2.21. The summed E-state index contributed by atoms with van der Waals surface area (Å²) in [6.07, 6.45) is 0. The highest BCUT2D eigenvalue weighted by Crippen LogP contribution is 2.17. The second-order valence-electron chi connectivity index (χ2n) is 4.72. The molecular weight excluding hydrogens is 273 g/mol. The molecule has 0 fully saturated rings. The van der Waals surface area contributed by atoms with E-state index in [1.54, 1.807) is 26.2 Å². The van der Waals surface area contributed by atoms with Gasteiger partial charge in [-0.1, -0.05) is 0 Å². The Bertz CT molecular complexity index is 670. The molecule has 0 atom stereocenters. The number of ether oxygens (including phenoxy) is 1. The molecule has 112 valence electrons. The Kier molecular flexibility index (Phi) is 5.19. The number of aryl methyl sites for hydroxylation is 1. The van der Waals surface area contributed by atoms with Crippen molar-refractivity contribution in [2.75, 3.05) is 20.3 Å². The Morgan fingerprint density at radius 2 is 2.19 bits per heavy atom. The molecule has 0 saturated carbocycles. The minimum Gasteiger partial charge on any atom is -0.383 e. The van der Waals surface area contributed by atoms with Gasteiger partial charge in [-0.15, -0.1) is 0 Å². The zero-order valence-corrected chi connectivity index (χ0v) is 12.1. The summed E-state index contributed by atoms with van der Waals surface area (Å²) in [4.78, 5) is 18.8. The average Bonchev–Trinajstić information content (AvgIpc) is 2.46. The Balaban J connectivity index is 2.21. The van der Waals surface area contributed by atoms with E-state index in [1.807, 2.05) is 0 Å². The number of rotatable bonds is 6. The van der Waals surface area contributed by atoms with Crippen LogP contribution in [0.4, 0.5) is 4.39 Å². The molecule has 2 aromatic rings. The topological polar surface area (TPSA) is 67.0 Å². The third-order valence-corrected chi connectivity index (χ3v) is 3.02. The van der Waals surface area contributed by atoms with E-state index in [4.69, 9.17) is 4.74 Å². The molecular formula is C15H18FN3O2. The molecule has 0 aliphatic heterocycles. The van der Waals surface area contributed by atoms with Gasteiger partial charge in [0, 0.05) is 31.8 Å². The van der Waals surface area contributed by atoms with Gasteiger partial charge in [0.05, 0.1) is 12.3 Å². The minimum absolute atomic E-state index is 0.231. The second-order valence-corrected chi connectivity index (χ2v) is 4.72. The van der Waals surface area contributed by atoms with Crippen LogP contribution in [0.25, 0.3) is 11.4 Å². The van der Waals surface area contributed by atoms with Crippen LogP contribution in [0.15, 0.2) is 29.1 Å². The lowest BCUT2D eigenvalue weighted by molar-refractivity contribution is 0.199. The number of nitrogens with one attached hydrogen (secondary N) is 2. The average molecular weight is 291 g/mol. The number of nitrogens with zero attached hydrogens (tertiary/aromatic N) is 1. The van der Waals surface area contributed by atoms with E-state index in [-0.39, 0.29) is 11.4 Å². The van der Waals surface area contributed by atoms with Gasteiger partial charge in [-0.2, -0.15) is 0 Å². The van der Waals surface area contributed by atoms with Crippen molar-refractivity contribution >= 4 is 0 Å². The van der Waals surface area contributed by atoms with Gasteiger partial charge in [0.2, 0.25) is 0 Å². The lowest BCUT2D eigenvalue weighted by Gasteiger charge is -2.07. The molecule has 1 aromatic heterocycles. The van der Waals surface area contributed by atoms with Crippen LogP contribution in [0.1, 0.15) is 11.3 Å². The van der Waals surface area contributed by atoms with E-state index >= 15 is 0 Å². The third kappa shape index (κ3) is 4.21. The molecule has 21 heavy (non-hydrogen) atoms. The van der Waals surface area contributed by atoms with E-state index in [9.17, 15) is 9.18 Å². The van der Waals surface area contributed by atoms with Gasteiger partial charge < -0.3 is 15.0 Å². The van der Waals surface area contributed by atoms with E-state index in [1.165, 1.54) is 12.1 Å². The van der Waals surface area contributed by atoms with Crippen molar-refractivity contribution in [3.8, 4) is 11.4 Å². The summed E-state index contributed by atoms with van der Waals surface area (Å²) in [5.41, 5.74) is 1.60. The van der Waals surface area contributed by atoms with Gasteiger partial charge in [0.25, 0.3) is 5.56 Å². The maximum atomic E-state index is 13.3. The fourth-order valence-corrected chi connectivity index (χ4v) is 1.92. The Morgan fingerprint density at radius 3 is 2.90 bits per heavy atom. The zero-order chi connectivity index (χ0) is 15.2. The van der Waals surface area contributed by atoms with Crippen LogP contribution < -0.4 is 10.9 Å². The van der Waals surface area contributed by atoms with E-state index < -0.39 is 0 Å². The highest BCUT2D eigenvalue weighted by molar-refractivity contribution is 5.56. The van der Waals surface area contributed by atoms with Crippen LogP contribution in [0, 0.1) is 12.7 Å². The molecule has 0 bridgehead atoms. The number of halogens is 1. The maximum absolute atomic E-state index is 13.3. The van der Waals surface area contributed by atoms with Crippen molar-refractivity contribution in [3.05, 3.63) is 51.7 Å². The van der Waals surface area contributed by atoms with Crippen molar-refractivity contribution in [1.82, 2.24) is 15.3 Å². The first-order valence-corrected chi connectivity index (χ1v) is 6.66. The maximum Gasteiger partial charge on any atom is 0.251 e. The van der Waals surface area contributed by atoms with Crippen molar-refractivity contribution in [2.45, 2.75) is 13.5 Å².